The number of sulfonamides is 1. The first-order chi connectivity index (χ1) is 18.7. The van der Waals surface area contributed by atoms with Crippen LogP contribution in [0.2, 0.25) is 0 Å². The lowest BCUT2D eigenvalue weighted by Gasteiger charge is -2.18. The first-order valence-corrected chi connectivity index (χ1v) is 14.0. The molecule has 1 unspecified atom stereocenters. The molecule has 1 atom stereocenters. The molecule has 0 saturated heterocycles. The standard InChI is InChI=1S/C28H28N6O4S.2H2/c1-17(2)38-25-15-11-19(16-30-25)22-14-12-21(28(35)34-39(36,37)26-9-5-8-24(29)33-26)27(31-22)32-23-13-10-18-6-3-4-7-20(18)23;;/h3-9,11-12,14-17,23H,10,13H2,1-2H3,(H2,29,33)(H,31,32)(H,34,35);2*1H. The van der Waals surface area contributed by atoms with E-state index in [1.807, 2.05) is 38.1 Å². The number of benzene rings is 1. The van der Waals surface area contributed by atoms with Gasteiger partial charge in [0.05, 0.1) is 23.4 Å². The molecule has 5 rings (SSSR count). The van der Waals surface area contributed by atoms with E-state index in [1.165, 1.54) is 23.8 Å². The highest BCUT2D eigenvalue weighted by Crippen LogP contribution is 2.35. The number of aromatic nitrogens is 3. The highest BCUT2D eigenvalue weighted by Gasteiger charge is 2.27. The zero-order valence-electron chi connectivity index (χ0n) is 21.5. The highest BCUT2D eigenvalue weighted by molar-refractivity contribution is 7.90. The highest BCUT2D eigenvalue weighted by atomic mass is 32.2. The Balaban J connectivity index is 0.00000231. The Labute approximate surface area is 229 Å². The van der Waals surface area contributed by atoms with E-state index in [2.05, 4.69) is 26.1 Å². The van der Waals surface area contributed by atoms with Gasteiger partial charge in [-0.15, -0.1) is 0 Å². The minimum atomic E-state index is -4.27. The maximum atomic E-state index is 13.3. The van der Waals surface area contributed by atoms with Crippen molar-refractivity contribution in [3.8, 4) is 17.1 Å². The van der Waals surface area contributed by atoms with Crippen LogP contribution < -0.4 is 20.5 Å². The van der Waals surface area contributed by atoms with Crippen molar-refractivity contribution in [3.63, 3.8) is 0 Å². The number of hydrogen-bond donors (Lipinski definition) is 3. The van der Waals surface area contributed by atoms with Crippen LogP contribution in [0, 0.1) is 0 Å². The lowest BCUT2D eigenvalue weighted by atomic mass is 10.1. The van der Waals surface area contributed by atoms with Gasteiger partial charge in [-0.2, -0.15) is 8.42 Å². The minimum absolute atomic E-state index is 0. The monoisotopic (exact) mass is 548 g/mol. The van der Waals surface area contributed by atoms with Crippen LogP contribution in [0.1, 0.15) is 50.6 Å². The van der Waals surface area contributed by atoms with Crippen molar-refractivity contribution < 1.29 is 20.8 Å². The van der Waals surface area contributed by atoms with Crippen LogP contribution in [-0.4, -0.2) is 35.4 Å². The Morgan fingerprint density at radius 2 is 1.87 bits per heavy atom. The van der Waals surface area contributed by atoms with E-state index < -0.39 is 15.9 Å². The summed E-state index contributed by atoms with van der Waals surface area (Å²) >= 11 is 0. The van der Waals surface area contributed by atoms with Crippen LogP contribution in [0.5, 0.6) is 5.88 Å². The van der Waals surface area contributed by atoms with Gasteiger partial charge in [-0.05, 0) is 68.1 Å². The summed E-state index contributed by atoms with van der Waals surface area (Å²) in [6.45, 7) is 3.84. The third kappa shape index (κ3) is 5.83. The number of amides is 1. The number of nitrogen functional groups attached to an aromatic ring is 1. The summed E-state index contributed by atoms with van der Waals surface area (Å²) in [6.07, 6.45) is 3.32. The number of anilines is 2. The molecule has 0 fully saturated rings. The molecule has 0 aliphatic heterocycles. The number of ether oxygens (including phenoxy) is 1. The molecule has 4 aromatic rings. The van der Waals surface area contributed by atoms with Crippen molar-refractivity contribution in [2.24, 2.45) is 0 Å². The number of pyridine rings is 3. The number of nitrogens with two attached hydrogens (primary N) is 1. The van der Waals surface area contributed by atoms with Crippen LogP contribution in [0.3, 0.4) is 0 Å². The normalized spacial score (nSPS) is 14.6. The third-order valence-electron chi connectivity index (χ3n) is 6.22. The molecule has 4 N–H and O–H groups in total. The Kier molecular flexibility index (Phi) is 7.16. The summed E-state index contributed by atoms with van der Waals surface area (Å²) in [4.78, 5) is 26.2. The van der Waals surface area contributed by atoms with Gasteiger partial charge in [0.1, 0.15) is 11.6 Å². The molecular formula is C28H32N6O4S. The maximum absolute atomic E-state index is 13.3. The van der Waals surface area contributed by atoms with Crippen LogP contribution >= 0.6 is 0 Å². The molecule has 3 aromatic heterocycles. The van der Waals surface area contributed by atoms with E-state index in [9.17, 15) is 13.2 Å². The second-order valence-corrected chi connectivity index (χ2v) is 11.0. The van der Waals surface area contributed by atoms with Crippen LogP contribution in [-0.2, 0) is 16.4 Å². The zero-order valence-corrected chi connectivity index (χ0v) is 22.3. The zero-order chi connectivity index (χ0) is 27.6. The van der Waals surface area contributed by atoms with E-state index in [-0.39, 0.29) is 37.2 Å². The number of fused-ring (bicyclic) bond motifs is 1. The fraction of sp³-hybridized carbons (Fsp3) is 0.214. The van der Waals surface area contributed by atoms with Gasteiger partial charge in [0, 0.05) is 20.7 Å². The lowest BCUT2D eigenvalue weighted by Crippen LogP contribution is -2.32. The lowest BCUT2D eigenvalue weighted by molar-refractivity contribution is 0.0981. The number of rotatable bonds is 8. The first-order valence-electron chi connectivity index (χ1n) is 12.5. The molecule has 1 aromatic carbocycles. The van der Waals surface area contributed by atoms with Crippen molar-refractivity contribution in [2.75, 3.05) is 11.1 Å². The molecule has 0 bridgehead atoms. The van der Waals surface area contributed by atoms with E-state index in [0.29, 0.717) is 17.1 Å². The predicted molar refractivity (Wildman–Crippen MR) is 152 cm³/mol. The van der Waals surface area contributed by atoms with E-state index in [0.717, 1.165) is 18.4 Å². The topological polar surface area (TPSA) is 149 Å². The Morgan fingerprint density at radius 1 is 1.05 bits per heavy atom. The number of aryl methyl sites for hydroxylation is 1. The molecule has 0 saturated carbocycles. The van der Waals surface area contributed by atoms with Crippen LogP contribution in [0.25, 0.3) is 11.3 Å². The minimum Gasteiger partial charge on any atom is -0.475 e. The molecule has 0 radical (unpaired) electrons. The fourth-order valence-electron chi connectivity index (χ4n) is 4.44. The molecule has 11 heteroatoms. The summed E-state index contributed by atoms with van der Waals surface area (Å²) in [6, 6.07) is 18.9. The molecule has 39 heavy (non-hydrogen) atoms. The smallest absolute Gasteiger partial charge is 0.281 e. The number of carbonyl (C=O) groups excluding carboxylic acids is 1. The quantitative estimate of drug-likeness (QED) is 0.287. The SMILES string of the molecule is CC(C)Oc1ccc(-c2ccc(C(=O)NS(=O)(=O)c3cccc(N)n3)c(NC3CCc4ccccc43)n2)cn1.[HH].[HH]. The Hall–Kier alpha value is -4.51. The molecule has 204 valence electrons. The molecule has 0 spiro atoms. The van der Waals surface area contributed by atoms with E-state index in [1.54, 1.807) is 24.4 Å². The number of nitrogens with one attached hydrogen (secondary N) is 2. The van der Waals surface area contributed by atoms with Gasteiger partial charge in [-0.25, -0.2) is 19.7 Å². The molecule has 10 nitrogen and oxygen atoms in total. The van der Waals surface area contributed by atoms with Gasteiger partial charge in [0.25, 0.3) is 15.9 Å². The van der Waals surface area contributed by atoms with Gasteiger partial charge >= 0.3 is 0 Å². The number of hydrogen-bond acceptors (Lipinski definition) is 9. The Bertz CT molecular complexity index is 1640. The van der Waals surface area contributed by atoms with E-state index >= 15 is 0 Å². The summed E-state index contributed by atoms with van der Waals surface area (Å²) in [5.41, 5.74) is 9.31. The van der Waals surface area contributed by atoms with Crippen LogP contribution in [0.15, 0.2) is 78.0 Å². The molecule has 1 aliphatic rings. The molecular weight excluding hydrogens is 516 g/mol. The van der Waals surface area contributed by atoms with Gasteiger partial charge < -0.3 is 15.8 Å². The summed E-state index contributed by atoms with van der Waals surface area (Å²) in [7, 11) is -4.27. The number of nitrogens with zero attached hydrogens (tertiary/aromatic N) is 3. The van der Waals surface area contributed by atoms with Gasteiger partial charge in [0.2, 0.25) is 5.88 Å². The van der Waals surface area contributed by atoms with Gasteiger partial charge in [-0.1, -0.05) is 30.3 Å². The molecule has 1 aliphatic carbocycles. The molecule has 3 heterocycles. The van der Waals surface area contributed by atoms with Crippen molar-refractivity contribution >= 4 is 27.6 Å². The van der Waals surface area contributed by atoms with Gasteiger partial charge in [0.15, 0.2) is 5.03 Å². The van der Waals surface area contributed by atoms with Crippen molar-refractivity contribution in [1.29, 1.82) is 0 Å². The second-order valence-electron chi connectivity index (χ2n) is 9.41. The summed E-state index contributed by atoms with van der Waals surface area (Å²) in [5, 5.41) is 3.03. The van der Waals surface area contributed by atoms with Crippen molar-refractivity contribution in [3.05, 3.63) is 89.6 Å². The summed E-state index contributed by atoms with van der Waals surface area (Å²) < 4.78 is 33.5. The molecule has 1 amide bonds. The summed E-state index contributed by atoms with van der Waals surface area (Å²) in [5.74, 6) is -0.0705. The average molecular weight is 549 g/mol. The first kappa shape index (κ1) is 26.1. The van der Waals surface area contributed by atoms with E-state index in [4.69, 9.17) is 15.5 Å². The second kappa shape index (κ2) is 10.7. The predicted octanol–water partition coefficient (Wildman–Crippen LogP) is 4.62. The largest absolute Gasteiger partial charge is 0.475 e. The van der Waals surface area contributed by atoms with Crippen molar-refractivity contribution in [1.82, 2.24) is 19.7 Å². The van der Waals surface area contributed by atoms with Gasteiger partial charge in [-0.3, -0.25) is 4.79 Å². The third-order valence-corrected chi connectivity index (χ3v) is 7.45. The Morgan fingerprint density at radius 3 is 2.62 bits per heavy atom. The fourth-order valence-corrected chi connectivity index (χ4v) is 5.38. The van der Waals surface area contributed by atoms with Crippen LogP contribution in [0.4, 0.5) is 11.6 Å². The van der Waals surface area contributed by atoms with Crippen molar-refractivity contribution in [2.45, 2.75) is 43.9 Å². The maximum Gasteiger partial charge on any atom is 0.281 e. The number of carbonyl (C=O) groups is 1. The average Bonchev–Trinajstić information content (AvgIpc) is 3.31.